The van der Waals surface area contributed by atoms with E-state index in [1.54, 1.807) is 0 Å². The van der Waals surface area contributed by atoms with Crippen molar-refractivity contribution in [1.82, 2.24) is 0 Å². The lowest BCUT2D eigenvalue weighted by molar-refractivity contribution is 0.00578. The third kappa shape index (κ3) is 4.93. The molecule has 2 aliphatic heterocycles. The molecule has 0 spiro atoms. The summed E-state index contributed by atoms with van der Waals surface area (Å²) in [7, 11) is -1.10. The molecule has 6 heteroatoms. The standard InChI is InChI=1S/C36H42B2O4/c1-33(2)34(3,4)40-37(39-33)31-28(25-18-12-9-13-19-25)24-29(26-20-14-10-15-21-26)32(30(31)27-22-16-11-17-23-27)38-41-35(5,6)36(7,8)42-38/h9-23,28H,24H2,1-8H3/t28-/m0/s1. The summed E-state index contributed by atoms with van der Waals surface area (Å²) in [6.07, 6.45) is 0.767. The molecule has 2 heterocycles. The summed E-state index contributed by atoms with van der Waals surface area (Å²) in [5.74, 6) is 0.0254. The van der Waals surface area contributed by atoms with Gasteiger partial charge in [0.2, 0.25) is 0 Å². The van der Waals surface area contributed by atoms with E-state index in [9.17, 15) is 0 Å². The van der Waals surface area contributed by atoms with E-state index in [0.717, 1.165) is 28.5 Å². The molecule has 0 unspecified atom stereocenters. The summed E-state index contributed by atoms with van der Waals surface area (Å²) in [5.41, 5.74) is 6.04. The van der Waals surface area contributed by atoms with Gasteiger partial charge in [0.25, 0.3) is 0 Å². The van der Waals surface area contributed by atoms with Crippen molar-refractivity contribution in [2.45, 2.75) is 90.1 Å². The van der Waals surface area contributed by atoms with Gasteiger partial charge < -0.3 is 18.6 Å². The van der Waals surface area contributed by atoms with Crippen molar-refractivity contribution in [2.75, 3.05) is 0 Å². The van der Waals surface area contributed by atoms with E-state index in [4.69, 9.17) is 18.6 Å². The molecule has 1 atom stereocenters. The van der Waals surface area contributed by atoms with Gasteiger partial charge in [-0.3, -0.25) is 0 Å². The average molecular weight is 560 g/mol. The summed E-state index contributed by atoms with van der Waals surface area (Å²) < 4.78 is 27.4. The van der Waals surface area contributed by atoms with Gasteiger partial charge >= 0.3 is 14.2 Å². The van der Waals surface area contributed by atoms with Crippen LogP contribution >= 0.6 is 0 Å². The molecule has 2 fully saturated rings. The Bertz CT molecular complexity index is 1480. The van der Waals surface area contributed by atoms with Crippen LogP contribution in [0.1, 0.15) is 84.4 Å². The molecule has 3 aliphatic rings. The zero-order valence-electron chi connectivity index (χ0n) is 26.2. The highest BCUT2D eigenvalue weighted by molar-refractivity contribution is 6.64. The van der Waals surface area contributed by atoms with Crippen molar-refractivity contribution in [3.63, 3.8) is 0 Å². The molecule has 3 aromatic carbocycles. The predicted octanol–water partition coefficient (Wildman–Crippen LogP) is 8.34. The minimum Gasteiger partial charge on any atom is -0.400 e. The first-order valence-electron chi connectivity index (χ1n) is 15.2. The van der Waals surface area contributed by atoms with Crippen LogP contribution in [0.3, 0.4) is 0 Å². The second-order valence-corrected chi connectivity index (χ2v) is 13.8. The molecule has 216 valence electrons. The summed E-state index contributed by atoms with van der Waals surface area (Å²) in [5, 5.41) is 0. The minimum atomic E-state index is -0.561. The number of allylic oxidation sites excluding steroid dienone is 4. The molecule has 42 heavy (non-hydrogen) atoms. The monoisotopic (exact) mass is 560 g/mol. The van der Waals surface area contributed by atoms with E-state index in [-0.39, 0.29) is 5.92 Å². The third-order valence-corrected chi connectivity index (χ3v) is 10.0. The summed E-state index contributed by atoms with van der Waals surface area (Å²) in [4.78, 5) is 0. The maximum Gasteiger partial charge on any atom is 0.495 e. The molecule has 0 bridgehead atoms. The van der Waals surface area contributed by atoms with Crippen LogP contribution in [0.5, 0.6) is 0 Å². The Labute approximate surface area is 252 Å². The number of hydrogen-bond donors (Lipinski definition) is 0. The maximum atomic E-state index is 6.86. The lowest BCUT2D eigenvalue weighted by atomic mass is 9.54. The Kier molecular flexibility index (Phi) is 7.21. The Hall–Kier alpha value is -2.89. The highest BCUT2D eigenvalue weighted by atomic mass is 16.7. The number of hydrogen-bond acceptors (Lipinski definition) is 4. The van der Waals surface area contributed by atoms with Crippen molar-refractivity contribution in [1.29, 1.82) is 0 Å². The first-order chi connectivity index (χ1) is 19.8. The fourth-order valence-electron chi connectivity index (χ4n) is 6.20. The second-order valence-electron chi connectivity index (χ2n) is 13.8. The molecule has 3 aromatic rings. The first kappa shape index (κ1) is 29.2. The van der Waals surface area contributed by atoms with Crippen molar-refractivity contribution in [3.8, 4) is 0 Å². The fraction of sp³-hybridized carbons (Fsp3) is 0.389. The quantitative estimate of drug-likeness (QED) is 0.294. The van der Waals surface area contributed by atoms with Crippen LogP contribution in [0.25, 0.3) is 11.1 Å². The van der Waals surface area contributed by atoms with Crippen molar-refractivity contribution < 1.29 is 18.6 Å². The summed E-state index contributed by atoms with van der Waals surface area (Å²) in [6, 6.07) is 32.1. The molecule has 4 nitrogen and oxygen atoms in total. The Morgan fingerprint density at radius 3 is 1.40 bits per heavy atom. The zero-order valence-corrected chi connectivity index (χ0v) is 26.2. The lowest BCUT2D eigenvalue weighted by Gasteiger charge is -2.35. The predicted molar refractivity (Wildman–Crippen MR) is 173 cm³/mol. The van der Waals surface area contributed by atoms with Crippen LogP contribution in [0, 0.1) is 0 Å². The molecular formula is C36H42B2O4. The molecular weight excluding hydrogens is 518 g/mol. The van der Waals surface area contributed by atoms with Crippen LogP contribution in [0.4, 0.5) is 0 Å². The van der Waals surface area contributed by atoms with Gasteiger partial charge in [-0.2, -0.15) is 0 Å². The zero-order chi connectivity index (χ0) is 29.9. The summed E-state index contributed by atoms with van der Waals surface area (Å²) in [6.45, 7) is 17.0. The van der Waals surface area contributed by atoms with Crippen molar-refractivity contribution in [2.24, 2.45) is 0 Å². The van der Waals surface area contributed by atoms with E-state index < -0.39 is 36.6 Å². The van der Waals surface area contributed by atoms with E-state index in [1.165, 1.54) is 16.7 Å². The van der Waals surface area contributed by atoms with Crippen LogP contribution in [0.15, 0.2) is 102 Å². The van der Waals surface area contributed by atoms with Gasteiger partial charge in [-0.15, -0.1) is 0 Å². The molecule has 2 saturated heterocycles. The van der Waals surface area contributed by atoms with Gasteiger partial charge in [0.05, 0.1) is 22.4 Å². The molecule has 0 aromatic heterocycles. The highest BCUT2D eigenvalue weighted by Crippen LogP contribution is 2.54. The molecule has 0 N–H and O–H groups in total. The van der Waals surface area contributed by atoms with Crippen molar-refractivity contribution >= 4 is 25.4 Å². The Morgan fingerprint density at radius 2 is 0.929 bits per heavy atom. The minimum absolute atomic E-state index is 0.0254. The topological polar surface area (TPSA) is 36.9 Å². The largest absolute Gasteiger partial charge is 0.495 e. The van der Waals surface area contributed by atoms with Crippen LogP contribution in [-0.4, -0.2) is 36.6 Å². The van der Waals surface area contributed by atoms with E-state index >= 15 is 0 Å². The Balaban J connectivity index is 1.69. The van der Waals surface area contributed by atoms with E-state index in [2.05, 4.69) is 146 Å². The average Bonchev–Trinajstić information content (AvgIpc) is 3.32. The van der Waals surface area contributed by atoms with Crippen LogP contribution in [-0.2, 0) is 18.6 Å². The number of benzene rings is 3. The normalized spacial score (nSPS) is 24.4. The molecule has 6 rings (SSSR count). The van der Waals surface area contributed by atoms with Gasteiger partial charge in [0.15, 0.2) is 0 Å². The molecule has 0 radical (unpaired) electrons. The third-order valence-electron chi connectivity index (χ3n) is 10.0. The SMILES string of the molecule is CC1(C)OB(C2=C(c3ccccc3)C[C@@H](c3ccccc3)C(B3OC(C)(C)C(C)(C)O3)=C2c2ccccc2)OC1(C)C. The van der Waals surface area contributed by atoms with Crippen LogP contribution in [0.2, 0.25) is 0 Å². The van der Waals surface area contributed by atoms with Gasteiger partial charge in [-0.05, 0) is 101 Å². The lowest BCUT2D eigenvalue weighted by Crippen LogP contribution is -2.41. The van der Waals surface area contributed by atoms with Gasteiger partial charge in [-0.25, -0.2) is 0 Å². The molecule has 0 amide bonds. The second kappa shape index (κ2) is 10.4. The summed E-state index contributed by atoms with van der Waals surface area (Å²) >= 11 is 0. The van der Waals surface area contributed by atoms with Gasteiger partial charge in [0.1, 0.15) is 0 Å². The Morgan fingerprint density at radius 1 is 0.524 bits per heavy atom. The smallest absolute Gasteiger partial charge is 0.400 e. The maximum absolute atomic E-state index is 6.86. The van der Waals surface area contributed by atoms with E-state index in [1.807, 2.05) is 0 Å². The fourth-order valence-corrected chi connectivity index (χ4v) is 6.20. The number of rotatable bonds is 5. The van der Waals surface area contributed by atoms with Gasteiger partial charge in [-0.1, -0.05) is 91.0 Å². The molecule has 1 aliphatic carbocycles. The van der Waals surface area contributed by atoms with Gasteiger partial charge in [0, 0.05) is 5.92 Å². The molecule has 0 saturated carbocycles. The van der Waals surface area contributed by atoms with Crippen LogP contribution < -0.4 is 0 Å². The highest BCUT2D eigenvalue weighted by Gasteiger charge is 2.58. The van der Waals surface area contributed by atoms with E-state index in [0.29, 0.717) is 0 Å². The first-order valence-corrected chi connectivity index (χ1v) is 15.2. The van der Waals surface area contributed by atoms with Crippen molar-refractivity contribution in [3.05, 3.63) is 119 Å².